The monoisotopic (exact) mass is 250 g/mol. The summed E-state index contributed by atoms with van der Waals surface area (Å²) in [6.07, 6.45) is -1.28. The van der Waals surface area contributed by atoms with Crippen molar-refractivity contribution >= 4 is 13.4 Å². The van der Waals surface area contributed by atoms with E-state index in [0.29, 0.717) is 5.57 Å². The molecule has 0 unspecified atom stereocenters. The minimum absolute atomic E-state index is 0.342. The van der Waals surface area contributed by atoms with Crippen molar-refractivity contribution in [2.75, 3.05) is 20.4 Å². The molecule has 94 valence electrons. The third-order valence-corrected chi connectivity index (χ3v) is 4.20. The predicted molar refractivity (Wildman–Crippen MR) is 61.5 cm³/mol. The first kappa shape index (κ1) is 15.5. The Hall–Kier alpha value is -0.480. The number of ketones is 1. The van der Waals surface area contributed by atoms with E-state index in [4.69, 9.17) is 0 Å². The zero-order valence-electron chi connectivity index (χ0n) is 10.1. The van der Waals surface area contributed by atoms with E-state index in [-0.39, 0.29) is 11.9 Å². The largest absolute Gasteiger partial charge is 0.388 e. The summed E-state index contributed by atoms with van der Waals surface area (Å²) < 4.78 is 21.0. The van der Waals surface area contributed by atoms with Gasteiger partial charge in [-0.3, -0.25) is 9.36 Å². The van der Waals surface area contributed by atoms with E-state index in [1.165, 1.54) is 14.2 Å². The molecule has 0 saturated carbocycles. The minimum atomic E-state index is -3.35. The summed E-state index contributed by atoms with van der Waals surface area (Å²) in [5.74, 6) is -1.04. The van der Waals surface area contributed by atoms with Gasteiger partial charge in [-0.2, -0.15) is 0 Å². The molecule has 5 nitrogen and oxygen atoms in total. The van der Waals surface area contributed by atoms with Crippen molar-refractivity contribution in [3.05, 3.63) is 12.2 Å². The predicted octanol–water partition coefficient (Wildman–Crippen LogP) is 1.61. The molecule has 0 heterocycles. The summed E-state index contributed by atoms with van der Waals surface area (Å²) in [4.78, 5) is 11.7. The summed E-state index contributed by atoms with van der Waals surface area (Å²) in [6, 6.07) is 0. The average Bonchev–Trinajstić information content (AvgIpc) is 2.26. The highest BCUT2D eigenvalue weighted by Crippen LogP contribution is 2.46. The van der Waals surface area contributed by atoms with Crippen LogP contribution in [0.1, 0.15) is 13.8 Å². The van der Waals surface area contributed by atoms with Gasteiger partial charge in [-0.05, 0) is 6.92 Å². The summed E-state index contributed by atoms with van der Waals surface area (Å²) in [5, 5.41) is 9.62. The standard InChI is InChI=1S/C10H19O5P/c1-7(2)10(12)8(3)9(11)6-16(13,14-4)15-5/h8,10,12H,1,6H2,2-5H3/t8-,10+/m0/s1. The van der Waals surface area contributed by atoms with Crippen LogP contribution in [0.2, 0.25) is 0 Å². The minimum Gasteiger partial charge on any atom is -0.388 e. The number of aliphatic hydroxyl groups excluding tert-OH is 1. The molecule has 0 aliphatic heterocycles. The van der Waals surface area contributed by atoms with Gasteiger partial charge in [0.1, 0.15) is 6.16 Å². The summed E-state index contributed by atoms with van der Waals surface area (Å²) in [5.41, 5.74) is 0.491. The normalized spacial score (nSPS) is 15.6. The van der Waals surface area contributed by atoms with Crippen molar-refractivity contribution in [1.82, 2.24) is 0 Å². The molecule has 0 aliphatic rings. The van der Waals surface area contributed by atoms with E-state index >= 15 is 0 Å². The molecule has 0 radical (unpaired) electrons. The van der Waals surface area contributed by atoms with Gasteiger partial charge in [-0.15, -0.1) is 0 Å². The Bertz CT molecular complexity index is 304. The number of carbonyl (C=O) groups excluding carboxylic acids is 1. The van der Waals surface area contributed by atoms with Crippen molar-refractivity contribution in [3.8, 4) is 0 Å². The zero-order valence-corrected chi connectivity index (χ0v) is 11.0. The fraction of sp³-hybridized carbons (Fsp3) is 0.700. The van der Waals surface area contributed by atoms with E-state index < -0.39 is 19.6 Å². The van der Waals surface area contributed by atoms with Crippen LogP contribution in [0.5, 0.6) is 0 Å². The lowest BCUT2D eigenvalue weighted by Crippen LogP contribution is -2.28. The van der Waals surface area contributed by atoms with Gasteiger partial charge in [0.2, 0.25) is 0 Å². The van der Waals surface area contributed by atoms with Gasteiger partial charge in [0.05, 0.1) is 6.10 Å². The second-order valence-electron chi connectivity index (χ2n) is 3.68. The van der Waals surface area contributed by atoms with E-state index in [1.54, 1.807) is 13.8 Å². The Morgan fingerprint density at radius 3 is 2.19 bits per heavy atom. The summed E-state index contributed by atoms with van der Waals surface area (Å²) in [7, 11) is -0.912. The molecule has 0 saturated heterocycles. The lowest BCUT2D eigenvalue weighted by molar-refractivity contribution is -0.122. The van der Waals surface area contributed by atoms with E-state index in [9.17, 15) is 14.5 Å². The van der Waals surface area contributed by atoms with Gasteiger partial charge in [0.15, 0.2) is 5.78 Å². The van der Waals surface area contributed by atoms with Gasteiger partial charge in [-0.25, -0.2) is 0 Å². The molecular formula is C10H19O5P. The SMILES string of the molecule is C=C(C)[C@@H](O)[C@@H](C)C(=O)CP(=O)(OC)OC. The molecule has 0 aromatic carbocycles. The number of carbonyl (C=O) groups is 1. The fourth-order valence-corrected chi connectivity index (χ4v) is 2.22. The van der Waals surface area contributed by atoms with Crippen LogP contribution in [-0.2, 0) is 18.4 Å². The topological polar surface area (TPSA) is 72.8 Å². The van der Waals surface area contributed by atoms with Crippen LogP contribution in [0, 0.1) is 5.92 Å². The number of hydrogen-bond donors (Lipinski definition) is 1. The van der Waals surface area contributed by atoms with Crippen LogP contribution >= 0.6 is 7.60 Å². The molecule has 0 aliphatic carbocycles. The van der Waals surface area contributed by atoms with Gasteiger partial charge in [0.25, 0.3) is 0 Å². The average molecular weight is 250 g/mol. The molecule has 2 atom stereocenters. The Balaban J connectivity index is 4.59. The fourth-order valence-electron chi connectivity index (χ4n) is 1.14. The van der Waals surface area contributed by atoms with Crippen LogP contribution < -0.4 is 0 Å². The molecule has 0 bridgehead atoms. The molecule has 0 amide bonds. The van der Waals surface area contributed by atoms with Crippen LogP contribution in [0.4, 0.5) is 0 Å². The van der Waals surface area contributed by atoms with Crippen molar-refractivity contribution in [3.63, 3.8) is 0 Å². The first-order chi connectivity index (χ1) is 7.27. The van der Waals surface area contributed by atoms with Crippen LogP contribution in [0.25, 0.3) is 0 Å². The van der Waals surface area contributed by atoms with Gasteiger partial charge in [0, 0.05) is 20.1 Å². The molecule has 0 aromatic heterocycles. The highest BCUT2D eigenvalue weighted by molar-refractivity contribution is 7.54. The second kappa shape index (κ2) is 6.30. The number of hydrogen-bond acceptors (Lipinski definition) is 5. The molecule has 6 heteroatoms. The smallest absolute Gasteiger partial charge is 0.337 e. The van der Waals surface area contributed by atoms with E-state index in [2.05, 4.69) is 15.6 Å². The number of Topliss-reactive ketones (excluding diaryl/α,β-unsaturated/α-hetero) is 1. The van der Waals surface area contributed by atoms with Crippen LogP contribution in [0.15, 0.2) is 12.2 Å². The molecule has 0 rings (SSSR count). The first-order valence-electron chi connectivity index (χ1n) is 4.84. The molecule has 0 spiro atoms. The summed E-state index contributed by atoms with van der Waals surface area (Å²) in [6.45, 7) is 6.74. The first-order valence-corrected chi connectivity index (χ1v) is 6.57. The van der Waals surface area contributed by atoms with Crippen molar-refractivity contribution in [1.29, 1.82) is 0 Å². The van der Waals surface area contributed by atoms with E-state index in [0.717, 1.165) is 0 Å². The Morgan fingerprint density at radius 2 is 1.88 bits per heavy atom. The zero-order chi connectivity index (χ0) is 12.9. The Labute approximate surface area is 96.0 Å². The maximum absolute atomic E-state index is 11.7. The lowest BCUT2D eigenvalue weighted by Gasteiger charge is -2.20. The lowest BCUT2D eigenvalue weighted by atomic mass is 9.96. The third kappa shape index (κ3) is 4.18. The Kier molecular flexibility index (Phi) is 6.11. The second-order valence-corrected chi connectivity index (χ2v) is 5.95. The molecule has 0 aromatic rings. The molecular weight excluding hydrogens is 231 g/mol. The van der Waals surface area contributed by atoms with E-state index in [1.807, 2.05) is 0 Å². The highest BCUT2D eigenvalue weighted by atomic mass is 31.2. The third-order valence-electron chi connectivity index (χ3n) is 2.39. The number of rotatable bonds is 7. The van der Waals surface area contributed by atoms with Crippen LogP contribution in [-0.4, -0.2) is 37.4 Å². The van der Waals surface area contributed by atoms with Gasteiger partial charge >= 0.3 is 7.60 Å². The number of aliphatic hydroxyl groups is 1. The van der Waals surface area contributed by atoms with Crippen molar-refractivity contribution < 1.29 is 23.5 Å². The van der Waals surface area contributed by atoms with Crippen LogP contribution in [0.3, 0.4) is 0 Å². The molecule has 1 N–H and O–H groups in total. The quantitative estimate of drug-likeness (QED) is 0.549. The Morgan fingerprint density at radius 1 is 1.44 bits per heavy atom. The van der Waals surface area contributed by atoms with Crippen molar-refractivity contribution in [2.45, 2.75) is 20.0 Å². The van der Waals surface area contributed by atoms with Gasteiger partial charge in [-0.1, -0.05) is 19.1 Å². The highest BCUT2D eigenvalue weighted by Gasteiger charge is 2.31. The van der Waals surface area contributed by atoms with Crippen molar-refractivity contribution in [2.24, 2.45) is 5.92 Å². The van der Waals surface area contributed by atoms with Gasteiger partial charge < -0.3 is 14.2 Å². The molecule has 16 heavy (non-hydrogen) atoms. The summed E-state index contributed by atoms with van der Waals surface area (Å²) >= 11 is 0. The maximum Gasteiger partial charge on any atom is 0.337 e. The molecule has 0 fully saturated rings. The maximum atomic E-state index is 11.7.